The number of hydrogen-bond donors (Lipinski definition) is 3. The van der Waals surface area contributed by atoms with E-state index >= 15 is 0 Å². The molecule has 1 amide bonds. The molecule has 5 rings (SSSR count). The van der Waals surface area contributed by atoms with Crippen molar-refractivity contribution in [2.24, 2.45) is 0 Å². The van der Waals surface area contributed by atoms with E-state index in [4.69, 9.17) is 20.7 Å². The second-order valence-electron chi connectivity index (χ2n) is 8.47. The molecule has 2 atom stereocenters. The zero-order valence-electron chi connectivity index (χ0n) is 19.0. The van der Waals surface area contributed by atoms with Crippen LogP contribution in [0, 0.1) is 0 Å². The Hall–Kier alpha value is -4.02. The summed E-state index contributed by atoms with van der Waals surface area (Å²) in [5.41, 5.74) is 8.30. The summed E-state index contributed by atoms with van der Waals surface area (Å²) in [7, 11) is 0. The number of aliphatic hydroxyl groups is 2. The van der Waals surface area contributed by atoms with Crippen LogP contribution in [0.3, 0.4) is 0 Å². The molecule has 0 spiro atoms. The van der Waals surface area contributed by atoms with E-state index in [1.54, 1.807) is 9.58 Å². The van der Waals surface area contributed by atoms with Crippen LogP contribution in [0.25, 0.3) is 22.3 Å². The predicted octanol–water partition coefficient (Wildman–Crippen LogP) is 2.38. The maximum atomic E-state index is 12.4. The van der Waals surface area contributed by atoms with Crippen LogP contribution in [0.5, 0.6) is 11.5 Å². The number of hydrogen-bond acceptors (Lipinski definition) is 8. The van der Waals surface area contributed by atoms with Gasteiger partial charge in [0.25, 0.3) is 5.91 Å². The van der Waals surface area contributed by atoms with Crippen LogP contribution in [0.4, 0.5) is 5.82 Å². The Balaban J connectivity index is 1.47. The summed E-state index contributed by atoms with van der Waals surface area (Å²) in [6.45, 7) is 0.251. The van der Waals surface area contributed by atoms with Crippen molar-refractivity contribution in [2.75, 3.05) is 25.4 Å². The average Bonchev–Trinajstić information content (AvgIpc) is 3.30. The lowest BCUT2D eigenvalue weighted by atomic mass is 10.1. The molecule has 35 heavy (non-hydrogen) atoms. The minimum atomic E-state index is -1.42. The lowest BCUT2D eigenvalue weighted by molar-refractivity contribution is -0.143. The predicted molar refractivity (Wildman–Crippen MR) is 130 cm³/mol. The van der Waals surface area contributed by atoms with E-state index in [0.29, 0.717) is 41.4 Å². The van der Waals surface area contributed by atoms with Gasteiger partial charge in [0.1, 0.15) is 29.3 Å². The van der Waals surface area contributed by atoms with Crippen molar-refractivity contribution in [2.45, 2.75) is 25.0 Å². The molecule has 2 aromatic heterocycles. The van der Waals surface area contributed by atoms with Crippen molar-refractivity contribution in [1.82, 2.24) is 24.6 Å². The number of para-hydroxylation sites is 1. The molecule has 10 heteroatoms. The van der Waals surface area contributed by atoms with E-state index < -0.39 is 18.6 Å². The normalized spacial score (nSPS) is 16.9. The summed E-state index contributed by atoms with van der Waals surface area (Å²) in [5.74, 6) is 1.27. The number of carbonyl (C=O) groups excluding carboxylic acids is 1. The van der Waals surface area contributed by atoms with Crippen LogP contribution < -0.4 is 10.5 Å². The van der Waals surface area contributed by atoms with Crippen molar-refractivity contribution in [3.63, 3.8) is 0 Å². The highest BCUT2D eigenvalue weighted by atomic mass is 16.5. The first-order valence-electron chi connectivity index (χ1n) is 11.4. The topological polar surface area (TPSA) is 140 Å². The van der Waals surface area contributed by atoms with Crippen molar-refractivity contribution >= 4 is 22.8 Å². The van der Waals surface area contributed by atoms with Gasteiger partial charge in [-0.3, -0.25) is 4.79 Å². The lowest BCUT2D eigenvalue weighted by Crippen LogP contribution is -2.46. The molecule has 3 heterocycles. The first-order chi connectivity index (χ1) is 17.0. The molecule has 0 saturated carbocycles. The van der Waals surface area contributed by atoms with E-state index in [1.807, 2.05) is 54.6 Å². The fourth-order valence-electron chi connectivity index (χ4n) is 4.40. The van der Waals surface area contributed by atoms with E-state index in [1.165, 1.54) is 6.33 Å². The Labute approximate surface area is 201 Å². The summed E-state index contributed by atoms with van der Waals surface area (Å²) in [5, 5.41) is 24.5. The summed E-state index contributed by atoms with van der Waals surface area (Å²) in [6.07, 6.45) is 1.49. The third-order valence-corrected chi connectivity index (χ3v) is 6.14. The number of anilines is 1. The molecule has 1 fully saturated rings. The van der Waals surface area contributed by atoms with Crippen molar-refractivity contribution < 1.29 is 19.7 Å². The monoisotopic (exact) mass is 474 g/mol. The smallest absolute Gasteiger partial charge is 0.253 e. The van der Waals surface area contributed by atoms with Crippen LogP contribution in [0.1, 0.15) is 18.9 Å². The number of rotatable bonds is 6. The standard InChI is InChI=1S/C25H26N6O4/c26-23-21-22(16-8-10-19(11-9-16)35-18-6-2-1-3-7-18)29-31(24(21)28-15-27-23)17-5-4-12-30(13-17)25(34)20(33)14-32/h1-3,6-11,15,17,20,32-33H,4-5,12-14H2,(H2,26,27,28)/t17-,20+/m1/s1. The first-order valence-corrected chi connectivity index (χ1v) is 11.4. The summed E-state index contributed by atoms with van der Waals surface area (Å²) in [4.78, 5) is 22.6. The molecule has 2 aromatic carbocycles. The number of likely N-dealkylation sites (tertiary alicyclic amines) is 1. The van der Waals surface area contributed by atoms with Gasteiger partial charge in [-0.05, 0) is 49.2 Å². The molecule has 0 radical (unpaired) electrons. The number of nitrogen functional groups attached to an aromatic ring is 1. The molecular formula is C25H26N6O4. The van der Waals surface area contributed by atoms with Crippen LogP contribution in [-0.2, 0) is 4.79 Å². The van der Waals surface area contributed by atoms with E-state index in [0.717, 1.165) is 24.2 Å². The number of aliphatic hydroxyl groups excluding tert-OH is 2. The number of carbonyl (C=O) groups is 1. The van der Waals surface area contributed by atoms with Gasteiger partial charge in [-0.1, -0.05) is 18.2 Å². The fraction of sp³-hybridized carbons (Fsp3) is 0.280. The maximum Gasteiger partial charge on any atom is 0.253 e. The third-order valence-electron chi connectivity index (χ3n) is 6.14. The van der Waals surface area contributed by atoms with Crippen molar-refractivity contribution in [3.05, 3.63) is 60.9 Å². The number of nitrogens with two attached hydrogens (primary N) is 1. The number of ether oxygens (including phenoxy) is 1. The van der Waals surface area contributed by atoms with Crippen molar-refractivity contribution in [1.29, 1.82) is 0 Å². The Morgan fingerprint density at radius 1 is 1.11 bits per heavy atom. The highest BCUT2D eigenvalue weighted by Crippen LogP contribution is 2.34. The minimum Gasteiger partial charge on any atom is -0.457 e. The Kier molecular flexibility index (Phi) is 6.30. The fourth-order valence-corrected chi connectivity index (χ4v) is 4.40. The lowest BCUT2D eigenvalue weighted by Gasteiger charge is -2.33. The molecule has 10 nitrogen and oxygen atoms in total. The van der Waals surface area contributed by atoms with Crippen LogP contribution in [0.15, 0.2) is 60.9 Å². The molecular weight excluding hydrogens is 448 g/mol. The van der Waals surface area contributed by atoms with Gasteiger partial charge in [0, 0.05) is 18.7 Å². The zero-order valence-corrected chi connectivity index (χ0v) is 19.0. The molecule has 180 valence electrons. The quantitative estimate of drug-likeness (QED) is 0.387. The number of piperidine rings is 1. The molecule has 1 aliphatic heterocycles. The molecule has 4 aromatic rings. The molecule has 1 saturated heterocycles. The second-order valence-corrected chi connectivity index (χ2v) is 8.47. The van der Waals surface area contributed by atoms with Gasteiger partial charge in [-0.25, -0.2) is 14.6 Å². The van der Waals surface area contributed by atoms with E-state index in [9.17, 15) is 9.90 Å². The second kappa shape index (κ2) is 9.69. The van der Waals surface area contributed by atoms with Crippen molar-refractivity contribution in [3.8, 4) is 22.8 Å². The SMILES string of the molecule is Nc1ncnc2c1c(-c1ccc(Oc3ccccc3)cc1)nn2[C@@H]1CCCN(C(=O)[C@@H](O)CO)C1. The highest BCUT2D eigenvalue weighted by Gasteiger charge is 2.31. The summed E-state index contributed by atoms with van der Waals surface area (Å²) >= 11 is 0. The maximum absolute atomic E-state index is 12.4. The molecule has 0 bridgehead atoms. The van der Waals surface area contributed by atoms with Crippen LogP contribution in [-0.4, -0.2) is 66.6 Å². The van der Waals surface area contributed by atoms with E-state index in [2.05, 4.69) is 9.97 Å². The van der Waals surface area contributed by atoms with Gasteiger partial charge < -0.3 is 25.6 Å². The van der Waals surface area contributed by atoms with Gasteiger partial charge in [0.2, 0.25) is 0 Å². The zero-order chi connectivity index (χ0) is 24.4. The largest absolute Gasteiger partial charge is 0.457 e. The van der Waals surface area contributed by atoms with Gasteiger partial charge in [-0.2, -0.15) is 5.10 Å². The highest BCUT2D eigenvalue weighted by molar-refractivity contribution is 5.98. The molecule has 1 aliphatic rings. The number of benzene rings is 2. The average molecular weight is 475 g/mol. The molecule has 0 aliphatic carbocycles. The Bertz CT molecular complexity index is 1330. The Morgan fingerprint density at radius 3 is 2.60 bits per heavy atom. The van der Waals surface area contributed by atoms with Crippen LogP contribution >= 0.6 is 0 Å². The van der Waals surface area contributed by atoms with Gasteiger partial charge in [-0.15, -0.1) is 0 Å². The summed E-state index contributed by atoms with van der Waals surface area (Å²) in [6, 6.07) is 16.9. The number of aromatic nitrogens is 4. The van der Waals surface area contributed by atoms with Gasteiger partial charge in [0.15, 0.2) is 11.8 Å². The molecule has 4 N–H and O–H groups in total. The molecule has 0 unspecified atom stereocenters. The summed E-state index contributed by atoms with van der Waals surface area (Å²) < 4.78 is 7.69. The number of fused-ring (bicyclic) bond motifs is 1. The van der Waals surface area contributed by atoms with Crippen LogP contribution in [0.2, 0.25) is 0 Å². The third kappa shape index (κ3) is 4.53. The minimum absolute atomic E-state index is 0.162. The first kappa shape index (κ1) is 22.8. The van der Waals surface area contributed by atoms with Gasteiger partial charge >= 0.3 is 0 Å². The number of amides is 1. The number of nitrogens with zero attached hydrogens (tertiary/aromatic N) is 5. The Morgan fingerprint density at radius 2 is 1.86 bits per heavy atom. The van der Waals surface area contributed by atoms with Gasteiger partial charge in [0.05, 0.1) is 18.0 Å². The van der Waals surface area contributed by atoms with E-state index in [-0.39, 0.29) is 6.04 Å².